The van der Waals surface area contributed by atoms with Crippen molar-refractivity contribution in [3.63, 3.8) is 0 Å². The number of hydrogen-bond acceptors (Lipinski definition) is 4. The topological polar surface area (TPSA) is 50.4 Å². The molecule has 1 atom stereocenters. The number of para-hydroxylation sites is 1. The standard InChI is InChI=1S/C22H22FN3O2/c23-18-7-1-4-15(10-18)19-11-24-25-21(19)16-6-3-9-26(12-16)13-17-5-2-8-20-22(17)28-14-27-20/h1-2,4-5,7-8,10-11,16H,3,6,9,12-14H2,(H,24,25). The van der Waals surface area contributed by atoms with Gasteiger partial charge in [-0.3, -0.25) is 10.00 Å². The number of halogens is 1. The van der Waals surface area contributed by atoms with Gasteiger partial charge >= 0.3 is 0 Å². The minimum atomic E-state index is -0.227. The molecule has 2 aromatic carbocycles. The molecule has 1 unspecified atom stereocenters. The van der Waals surface area contributed by atoms with Gasteiger partial charge in [-0.05, 0) is 43.1 Å². The van der Waals surface area contributed by atoms with Crippen molar-refractivity contribution in [3.05, 3.63) is 65.7 Å². The molecule has 2 aliphatic heterocycles. The first-order valence-corrected chi connectivity index (χ1v) is 9.67. The Kier molecular flexibility index (Phi) is 4.49. The summed E-state index contributed by atoms with van der Waals surface area (Å²) in [6.45, 7) is 3.09. The van der Waals surface area contributed by atoms with Crippen molar-refractivity contribution in [1.82, 2.24) is 15.1 Å². The highest BCUT2D eigenvalue weighted by Gasteiger charge is 2.27. The van der Waals surface area contributed by atoms with Crippen molar-refractivity contribution in [2.75, 3.05) is 19.9 Å². The number of piperidine rings is 1. The maximum Gasteiger partial charge on any atom is 0.231 e. The Labute approximate surface area is 163 Å². The first-order valence-electron chi connectivity index (χ1n) is 9.67. The molecule has 0 spiro atoms. The zero-order valence-electron chi connectivity index (χ0n) is 15.5. The molecule has 1 saturated heterocycles. The smallest absolute Gasteiger partial charge is 0.231 e. The lowest BCUT2D eigenvalue weighted by molar-refractivity contribution is 0.169. The average molecular weight is 379 g/mol. The molecule has 2 aliphatic rings. The van der Waals surface area contributed by atoms with Crippen LogP contribution in [0.2, 0.25) is 0 Å². The summed E-state index contributed by atoms with van der Waals surface area (Å²) < 4.78 is 24.8. The number of H-pyrrole nitrogens is 1. The van der Waals surface area contributed by atoms with Crippen LogP contribution < -0.4 is 9.47 Å². The van der Waals surface area contributed by atoms with Crippen LogP contribution in [0, 0.1) is 5.82 Å². The molecular formula is C22H22FN3O2. The molecule has 3 aromatic rings. The summed E-state index contributed by atoms with van der Waals surface area (Å²) in [5.41, 5.74) is 4.11. The Balaban J connectivity index is 1.36. The van der Waals surface area contributed by atoms with Gasteiger partial charge in [0.15, 0.2) is 11.5 Å². The number of nitrogens with zero attached hydrogens (tertiary/aromatic N) is 2. The molecule has 5 rings (SSSR count). The van der Waals surface area contributed by atoms with Crippen LogP contribution in [0.5, 0.6) is 11.5 Å². The molecule has 0 bridgehead atoms. The first-order chi connectivity index (χ1) is 13.8. The predicted molar refractivity (Wildman–Crippen MR) is 104 cm³/mol. The number of aromatic nitrogens is 2. The van der Waals surface area contributed by atoms with E-state index in [9.17, 15) is 4.39 Å². The monoisotopic (exact) mass is 379 g/mol. The fraction of sp³-hybridized carbons (Fsp3) is 0.318. The molecule has 0 amide bonds. The lowest BCUT2D eigenvalue weighted by Gasteiger charge is -2.33. The SMILES string of the molecule is Fc1cccc(-c2cn[nH]c2C2CCCN(Cc3cccc4c3OCO4)C2)c1. The third kappa shape index (κ3) is 3.24. The summed E-state index contributed by atoms with van der Waals surface area (Å²) in [7, 11) is 0. The molecule has 0 aliphatic carbocycles. The number of aromatic amines is 1. The van der Waals surface area contributed by atoms with Crippen LogP contribution in [0.15, 0.2) is 48.7 Å². The minimum absolute atomic E-state index is 0.227. The summed E-state index contributed by atoms with van der Waals surface area (Å²) in [5.74, 6) is 1.80. The largest absolute Gasteiger partial charge is 0.454 e. The third-order valence-electron chi connectivity index (χ3n) is 5.59. The number of ether oxygens (including phenoxy) is 2. The van der Waals surface area contributed by atoms with Gasteiger partial charge in [0.1, 0.15) is 5.82 Å². The average Bonchev–Trinajstić information content (AvgIpc) is 3.38. The fourth-order valence-corrected chi connectivity index (χ4v) is 4.28. The quantitative estimate of drug-likeness (QED) is 0.733. The van der Waals surface area contributed by atoms with Gasteiger partial charge in [-0.2, -0.15) is 5.10 Å². The van der Waals surface area contributed by atoms with E-state index in [1.807, 2.05) is 18.2 Å². The van der Waals surface area contributed by atoms with Gasteiger partial charge in [-0.25, -0.2) is 4.39 Å². The maximum absolute atomic E-state index is 13.7. The minimum Gasteiger partial charge on any atom is -0.454 e. The Morgan fingerprint density at radius 1 is 1.18 bits per heavy atom. The molecule has 0 radical (unpaired) electrons. The second-order valence-electron chi connectivity index (χ2n) is 7.43. The molecule has 28 heavy (non-hydrogen) atoms. The fourth-order valence-electron chi connectivity index (χ4n) is 4.28. The van der Waals surface area contributed by atoms with E-state index in [2.05, 4.69) is 21.2 Å². The van der Waals surface area contributed by atoms with Gasteiger partial charge in [0.05, 0.1) is 6.20 Å². The van der Waals surface area contributed by atoms with Gasteiger partial charge in [-0.1, -0.05) is 24.3 Å². The predicted octanol–water partition coefficient (Wildman–Crippen LogP) is 4.32. The van der Waals surface area contributed by atoms with Crippen LogP contribution >= 0.6 is 0 Å². The van der Waals surface area contributed by atoms with Crippen LogP contribution in [0.4, 0.5) is 4.39 Å². The van der Waals surface area contributed by atoms with Crippen LogP contribution in [-0.4, -0.2) is 35.0 Å². The third-order valence-corrected chi connectivity index (χ3v) is 5.59. The van der Waals surface area contributed by atoms with Crippen LogP contribution in [0.3, 0.4) is 0 Å². The second-order valence-corrected chi connectivity index (χ2v) is 7.43. The van der Waals surface area contributed by atoms with Crippen LogP contribution in [-0.2, 0) is 6.54 Å². The van der Waals surface area contributed by atoms with Gasteiger partial charge in [0, 0.05) is 35.8 Å². The van der Waals surface area contributed by atoms with Crippen molar-refractivity contribution in [1.29, 1.82) is 0 Å². The molecule has 0 saturated carbocycles. The summed E-state index contributed by atoms with van der Waals surface area (Å²) >= 11 is 0. The van der Waals surface area contributed by atoms with Crippen molar-refractivity contribution >= 4 is 0 Å². The Morgan fingerprint density at radius 2 is 2.11 bits per heavy atom. The van der Waals surface area contributed by atoms with E-state index in [0.29, 0.717) is 12.7 Å². The van der Waals surface area contributed by atoms with Crippen molar-refractivity contribution in [2.24, 2.45) is 0 Å². The van der Waals surface area contributed by atoms with Crippen molar-refractivity contribution < 1.29 is 13.9 Å². The summed E-state index contributed by atoms with van der Waals surface area (Å²) in [6.07, 6.45) is 4.00. The highest BCUT2D eigenvalue weighted by molar-refractivity contribution is 5.66. The van der Waals surface area contributed by atoms with Crippen molar-refractivity contribution in [2.45, 2.75) is 25.3 Å². The summed E-state index contributed by atoms with van der Waals surface area (Å²) in [6, 6.07) is 12.8. The number of likely N-dealkylation sites (tertiary alicyclic amines) is 1. The summed E-state index contributed by atoms with van der Waals surface area (Å²) in [4.78, 5) is 2.45. The number of hydrogen-bond donors (Lipinski definition) is 1. The van der Waals surface area contributed by atoms with Gasteiger partial charge in [0.25, 0.3) is 0 Å². The van der Waals surface area contributed by atoms with E-state index in [4.69, 9.17) is 9.47 Å². The van der Waals surface area contributed by atoms with E-state index < -0.39 is 0 Å². The van der Waals surface area contributed by atoms with Gasteiger partial charge in [-0.15, -0.1) is 0 Å². The highest BCUT2D eigenvalue weighted by atomic mass is 19.1. The lowest BCUT2D eigenvalue weighted by Crippen LogP contribution is -2.34. The van der Waals surface area contributed by atoms with E-state index in [-0.39, 0.29) is 5.82 Å². The molecule has 144 valence electrons. The molecule has 1 aromatic heterocycles. The van der Waals surface area contributed by atoms with E-state index in [0.717, 1.165) is 66.4 Å². The van der Waals surface area contributed by atoms with E-state index >= 15 is 0 Å². The van der Waals surface area contributed by atoms with Crippen LogP contribution in [0.1, 0.15) is 30.0 Å². The molecular weight excluding hydrogens is 357 g/mol. The van der Waals surface area contributed by atoms with E-state index in [1.165, 1.54) is 6.07 Å². The van der Waals surface area contributed by atoms with Crippen molar-refractivity contribution in [3.8, 4) is 22.6 Å². The lowest BCUT2D eigenvalue weighted by atomic mass is 9.90. The number of rotatable bonds is 4. The van der Waals surface area contributed by atoms with Gasteiger partial charge < -0.3 is 9.47 Å². The number of benzene rings is 2. The highest BCUT2D eigenvalue weighted by Crippen LogP contribution is 2.38. The van der Waals surface area contributed by atoms with Gasteiger partial charge in [0.2, 0.25) is 6.79 Å². The maximum atomic E-state index is 13.7. The number of fused-ring (bicyclic) bond motifs is 1. The molecule has 3 heterocycles. The normalized spacial score (nSPS) is 19.1. The Hall–Kier alpha value is -2.86. The Bertz CT molecular complexity index is 987. The van der Waals surface area contributed by atoms with E-state index in [1.54, 1.807) is 18.3 Å². The first kappa shape index (κ1) is 17.3. The van der Waals surface area contributed by atoms with Crippen LogP contribution in [0.25, 0.3) is 11.1 Å². The Morgan fingerprint density at radius 3 is 3.04 bits per heavy atom. The number of nitrogens with one attached hydrogen (secondary N) is 1. The zero-order valence-corrected chi connectivity index (χ0v) is 15.5. The zero-order chi connectivity index (χ0) is 18.9. The molecule has 1 N–H and O–H groups in total. The molecule has 5 nitrogen and oxygen atoms in total. The molecule has 1 fully saturated rings. The summed E-state index contributed by atoms with van der Waals surface area (Å²) in [5, 5.41) is 7.43. The second kappa shape index (κ2) is 7.28. The molecule has 6 heteroatoms.